The van der Waals surface area contributed by atoms with E-state index in [4.69, 9.17) is 4.74 Å². The third-order valence-corrected chi connectivity index (χ3v) is 4.98. The summed E-state index contributed by atoms with van der Waals surface area (Å²) in [6, 6.07) is 26.4. The van der Waals surface area contributed by atoms with Crippen LogP contribution < -0.4 is 4.74 Å². The average molecular weight is 393 g/mol. The van der Waals surface area contributed by atoms with Crippen molar-refractivity contribution in [2.75, 3.05) is 0 Å². The first kappa shape index (κ1) is 18.0. The van der Waals surface area contributed by atoms with Crippen LogP contribution in [0.5, 0.6) is 5.75 Å². The molecule has 0 aliphatic rings. The lowest BCUT2D eigenvalue weighted by Crippen LogP contribution is -1.98. The zero-order valence-corrected chi connectivity index (χ0v) is 16.4. The summed E-state index contributed by atoms with van der Waals surface area (Å²) in [7, 11) is 0. The molecule has 6 heteroatoms. The van der Waals surface area contributed by atoms with Gasteiger partial charge >= 0.3 is 0 Å². The van der Waals surface area contributed by atoms with Gasteiger partial charge in [-0.05, 0) is 41.0 Å². The van der Waals surface area contributed by atoms with Crippen LogP contribution in [0.1, 0.15) is 11.3 Å². The van der Waals surface area contributed by atoms with E-state index in [1.807, 2.05) is 55.5 Å². The highest BCUT2D eigenvalue weighted by Crippen LogP contribution is 2.30. The minimum atomic E-state index is 0.486. The van der Waals surface area contributed by atoms with Gasteiger partial charge in [0.05, 0.1) is 5.52 Å². The fourth-order valence-corrected chi connectivity index (χ4v) is 3.54. The number of aryl methyl sites for hydroxylation is 1. The van der Waals surface area contributed by atoms with Crippen LogP contribution in [0.25, 0.3) is 33.4 Å². The molecule has 5 rings (SSSR count). The largest absolute Gasteiger partial charge is 0.488 e. The van der Waals surface area contributed by atoms with Gasteiger partial charge in [-0.1, -0.05) is 60.7 Å². The Balaban J connectivity index is 1.39. The lowest BCUT2D eigenvalue weighted by atomic mass is 9.98. The molecule has 2 aromatic heterocycles. The Morgan fingerprint density at radius 3 is 2.43 bits per heavy atom. The third-order valence-electron chi connectivity index (χ3n) is 4.98. The average Bonchev–Trinajstić information content (AvgIpc) is 3.33. The summed E-state index contributed by atoms with van der Waals surface area (Å²) in [5.74, 6) is 1.43. The predicted octanol–water partition coefficient (Wildman–Crippen LogP) is 4.97. The van der Waals surface area contributed by atoms with Crippen LogP contribution >= 0.6 is 0 Å². The standard InChI is InChI=1S/C24H19N5O/c1-16-14-23(21-8-4-5-9-22(21)25-16)30-15-17-10-12-18(13-11-17)19-6-2-3-7-20(19)24-26-28-29-27-24/h2-14H,15H2,1H3,(H,26,27,28,29). The molecule has 0 amide bonds. The molecule has 2 heterocycles. The van der Waals surface area contributed by atoms with Crippen LogP contribution in [0, 0.1) is 6.92 Å². The first-order valence-electron chi connectivity index (χ1n) is 9.69. The summed E-state index contributed by atoms with van der Waals surface area (Å²) in [5, 5.41) is 15.4. The van der Waals surface area contributed by atoms with Gasteiger partial charge in [0.25, 0.3) is 0 Å². The Bertz CT molecular complexity index is 1300. The van der Waals surface area contributed by atoms with E-state index < -0.39 is 0 Å². The smallest absolute Gasteiger partial charge is 0.205 e. The topological polar surface area (TPSA) is 76.6 Å². The number of aromatic nitrogens is 5. The van der Waals surface area contributed by atoms with Crippen LogP contribution in [0.15, 0.2) is 78.9 Å². The van der Waals surface area contributed by atoms with Crippen molar-refractivity contribution in [2.45, 2.75) is 13.5 Å². The van der Waals surface area contributed by atoms with Gasteiger partial charge in [-0.15, -0.1) is 10.2 Å². The summed E-state index contributed by atoms with van der Waals surface area (Å²) >= 11 is 0. The Hall–Kier alpha value is -4.06. The number of ether oxygens (including phenoxy) is 1. The van der Waals surface area contributed by atoms with Gasteiger partial charge in [-0.25, -0.2) is 0 Å². The quantitative estimate of drug-likeness (QED) is 0.456. The maximum atomic E-state index is 6.14. The Morgan fingerprint density at radius 2 is 1.63 bits per heavy atom. The molecule has 3 aromatic carbocycles. The number of aromatic amines is 1. The van der Waals surface area contributed by atoms with E-state index in [0.29, 0.717) is 12.4 Å². The Labute approximate surface area is 173 Å². The fourth-order valence-electron chi connectivity index (χ4n) is 3.54. The molecular weight excluding hydrogens is 374 g/mol. The van der Waals surface area contributed by atoms with Gasteiger partial charge in [0.2, 0.25) is 5.82 Å². The molecule has 6 nitrogen and oxygen atoms in total. The molecule has 0 spiro atoms. The molecule has 0 aliphatic carbocycles. The van der Waals surface area contributed by atoms with Crippen LogP contribution in [0.3, 0.4) is 0 Å². The van der Waals surface area contributed by atoms with E-state index >= 15 is 0 Å². The van der Waals surface area contributed by atoms with E-state index in [-0.39, 0.29) is 0 Å². The van der Waals surface area contributed by atoms with E-state index in [9.17, 15) is 0 Å². The minimum absolute atomic E-state index is 0.486. The second-order valence-corrected chi connectivity index (χ2v) is 7.05. The maximum Gasteiger partial charge on any atom is 0.205 e. The number of tetrazole rings is 1. The fraction of sp³-hybridized carbons (Fsp3) is 0.0833. The number of H-pyrrole nitrogens is 1. The molecule has 0 fully saturated rings. The van der Waals surface area contributed by atoms with Crippen LogP contribution in [-0.2, 0) is 6.61 Å². The molecule has 0 saturated heterocycles. The van der Waals surface area contributed by atoms with Gasteiger partial charge in [-0.3, -0.25) is 4.98 Å². The van der Waals surface area contributed by atoms with Crippen molar-refractivity contribution in [2.24, 2.45) is 0 Å². The highest BCUT2D eigenvalue weighted by Gasteiger charge is 2.11. The number of benzene rings is 3. The number of hydrogen-bond acceptors (Lipinski definition) is 5. The van der Waals surface area contributed by atoms with Crippen LogP contribution in [0.4, 0.5) is 0 Å². The molecule has 30 heavy (non-hydrogen) atoms. The normalized spacial score (nSPS) is 11.0. The summed E-state index contributed by atoms with van der Waals surface area (Å²) in [5.41, 5.74) is 6.06. The zero-order chi connectivity index (χ0) is 20.3. The van der Waals surface area contributed by atoms with Crippen molar-refractivity contribution in [3.63, 3.8) is 0 Å². The van der Waals surface area contributed by atoms with Crippen molar-refractivity contribution < 1.29 is 4.74 Å². The molecule has 5 aromatic rings. The molecule has 0 saturated carbocycles. The number of rotatable bonds is 5. The number of para-hydroxylation sites is 1. The lowest BCUT2D eigenvalue weighted by Gasteiger charge is -2.11. The second-order valence-electron chi connectivity index (χ2n) is 7.05. The van der Waals surface area contributed by atoms with Crippen LogP contribution in [-0.4, -0.2) is 25.6 Å². The van der Waals surface area contributed by atoms with Gasteiger partial charge in [-0.2, -0.15) is 5.21 Å². The van der Waals surface area contributed by atoms with Crippen molar-refractivity contribution in [1.29, 1.82) is 0 Å². The van der Waals surface area contributed by atoms with Crippen molar-refractivity contribution in [1.82, 2.24) is 25.6 Å². The molecule has 146 valence electrons. The maximum absolute atomic E-state index is 6.14. The van der Waals surface area contributed by atoms with Crippen molar-refractivity contribution >= 4 is 10.9 Å². The van der Waals surface area contributed by atoms with E-state index in [2.05, 4.69) is 55.9 Å². The Kier molecular flexibility index (Phi) is 4.65. The minimum Gasteiger partial charge on any atom is -0.488 e. The van der Waals surface area contributed by atoms with Crippen molar-refractivity contribution in [3.05, 3.63) is 90.1 Å². The number of pyridine rings is 1. The monoisotopic (exact) mass is 393 g/mol. The highest BCUT2D eigenvalue weighted by molar-refractivity contribution is 5.85. The summed E-state index contributed by atoms with van der Waals surface area (Å²) in [4.78, 5) is 4.57. The van der Waals surface area contributed by atoms with Gasteiger partial charge in [0.1, 0.15) is 12.4 Å². The van der Waals surface area contributed by atoms with Crippen LogP contribution in [0.2, 0.25) is 0 Å². The summed E-state index contributed by atoms with van der Waals surface area (Å²) in [6.07, 6.45) is 0. The number of fused-ring (bicyclic) bond motifs is 1. The van der Waals surface area contributed by atoms with Gasteiger partial charge < -0.3 is 4.74 Å². The molecule has 0 unspecified atom stereocenters. The van der Waals surface area contributed by atoms with E-state index in [0.717, 1.165) is 44.6 Å². The molecule has 1 N–H and O–H groups in total. The Morgan fingerprint density at radius 1 is 0.867 bits per heavy atom. The molecule has 0 bridgehead atoms. The molecule has 0 aliphatic heterocycles. The summed E-state index contributed by atoms with van der Waals surface area (Å²) in [6.45, 7) is 2.47. The number of hydrogen-bond donors (Lipinski definition) is 1. The van der Waals surface area contributed by atoms with Crippen molar-refractivity contribution in [3.8, 4) is 28.3 Å². The molecule has 0 radical (unpaired) electrons. The first-order chi connectivity index (χ1) is 14.8. The second kappa shape index (κ2) is 7.75. The van der Waals surface area contributed by atoms with E-state index in [1.165, 1.54) is 0 Å². The molecular formula is C24H19N5O. The summed E-state index contributed by atoms with van der Waals surface area (Å²) < 4.78 is 6.14. The van der Waals surface area contributed by atoms with E-state index in [1.54, 1.807) is 0 Å². The lowest BCUT2D eigenvalue weighted by molar-refractivity contribution is 0.309. The highest BCUT2D eigenvalue weighted by atomic mass is 16.5. The van der Waals surface area contributed by atoms with Gasteiger partial charge in [0, 0.05) is 22.7 Å². The SMILES string of the molecule is Cc1cc(OCc2ccc(-c3ccccc3-c3nn[nH]n3)cc2)c2ccccc2n1. The predicted molar refractivity (Wildman–Crippen MR) is 116 cm³/mol. The number of nitrogens with zero attached hydrogens (tertiary/aromatic N) is 4. The van der Waals surface area contributed by atoms with Gasteiger partial charge in [0.15, 0.2) is 0 Å². The third kappa shape index (κ3) is 3.51. The number of nitrogens with one attached hydrogen (secondary N) is 1. The zero-order valence-electron chi connectivity index (χ0n) is 16.4. The molecule has 0 atom stereocenters. The first-order valence-corrected chi connectivity index (χ1v) is 9.69.